The molecule has 0 heterocycles. The lowest BCUT2D eigenvalue weighted by Gasteiger charge is -2.28. The minimum Gasteiger partial charge on any atom is -0.0622 e. The summed E-state index contributed by atoms with van der Waals surface area (Å²) in [5.41, 5.74) is 7.68. The molecule has 0 aliphatic heterocycles. The van der Waals surface area contributed by atoms with Crippen LogP contribution < -0.4 is 0 Å². The van der Waals surface area contributed by atoms with Gasteiger partial charge < -0.3 is 0 Å². The van der Waals surface area contributed by atoms with Crippen LogP contribution in [-0.4, -0.2) is 0 Å². The quantitative estimate of drug-likeness (QED) is 0.263. The number of hydrogen-bond donors (Lipinski definition) is 0. The standard InChI is InChI=1S/C27H23I/c1-27(2,22-16-10-5-11-17-22)23-18-24(20-12-6-3-7-13-20)26(28)25(19-23)21-14-8-4-9-15-21/h3-19H,1-2H3. The first-order valence-corrected chi connectivity index (χ1v) is 10.7. The SMILES string of the molecule is CC(C)(c1ccccc1)c1cc(-c2ccccc2)c(I)c(-c2ccccc2)c1. The van der Waals surface area contributed by atoms with Gasteiger partial charge in [0.2, 0.25) is 0 Å². The summed E-state index contributed by atoms with van der Waals surface area (Å²) in [7, 11) is 0. The Bertz CT molecular complexity index is 1000. The van der Waals surface area contributed by atoms with Crippen molar-refractivity contribution in [2.24, 2.45) is 0 Å². The molecule has 138 valence electrons. The van der Waals surface area contributed by atoms with Crippen molar-refractivity contribution >= 4 is 22.6 Å². The maximum Gasteiger partial charge on any atom is 0.0287 e. The first-order valence-electron chi connectivity index (χ1n) is 9.58. The molecule has 4 aromatic rings. The summed E-state index contributed by atoms with van der Waals surface area (Å²) in [5, 5.41) is 0. The first-order chi connectivity index (χ1) is 13.6. The third-order valence-corrected chi connectivity index (χ3v) is 6.62. The van der Waals surface area contributed by atoms with E-state index in [2.05, 4.69) is 140 Å². The summed E-state index contributed by atoms with van der Waals surface area (Å²) in [6.45, 7) is 4.63. The Labute approximate surface area is 181 Å². The second-order valence-electron chi connectivity index (χ2n) is 7.61. The van der Waals surface area contributed by atoms with Gasteiger partial charge in [0, 0.05) is 8.99 Å². The zero-order valence-electron chi connectivity index (χ0n) is 16.2. The Morgan fingerprint density at radius 3 is 1.36 bits per heavy atom. The van der Waals surface area contributed by atoms with Gasteiger partial charge in [-0.15, -0.1) is 0 Å². The Morgan fingerprint density at radius 2 is 0.929 bits per heavy atom. The van der Waals surface area contributed by atoms with Crippen molar-refractivity contribution in [2.75, 3.05) is 0 Å². The molecule has 0 saturated heterocycles. The fourth-order valence-electron chi connectivity index (χ4n) is 3.66. The van der Waals surface area contributed by atoms with Gasteiger partial charge in [-0.1, -0.05) is 105 Å². The van der Waals surface area contributed by atoms with Gasteiger partial charge in [0.1, 0.15) is 0 Å². The van der Waals surface area contributed by atoms with Crippen LogP contribution in [0, 0.1) is 3.57 Å². The molecule has 0 saturated carbocycles. The molecule has 0 aromatic heterocycles. The van der Waals surface area contributed by atoms with Crippen LogP contribution in [0.5, 0.6) is 0 Å². The van der Waals surface area contributed by atoms with Crippen molar-refractivity contribution in [1.82, 2.24) is 0 Å². The summed E-state index contributed by atoms with van der Waals surface area (Å²) in [5.74, 6) is 0. The zero-order valence-corrected chi connectivity index (χ0v) is 18.4. The Hall–Kier alpha value is -2.39. The molecule has 0 atom stereocenters. The highest BCUT2D eigenvalue weighted by molar-refractivity contribution is 14.1. The van der Waals surface area contributed by atoms with Crippen LogP contribution >= 0.6 is 22.6 Å². The summed E-state index contributed by atoms with van der Waals surface area (Å²) >= 11 is 2.51. The van der Waals surface area contributed by atoms with E-state index in [9.17, 15) is 0 Å². The fourth-order valence-corrected chi connectivity index (χ4v) is 4.60. The van der Waals surface area contributed by atoms with Crippen molar-refractivity contribution in [3.8, 4) is 22.3 Å². The van der Waals surface area contributed by atoms with Gasteiger partial charge >= 0.3 is 0 Å². The van der Waals surface area contributed by atoms with E-state index in [1.54, 1.807) is 0 Å². The van der Waals surface area contributed by atoms with Gasteiger partial charge in [-0.2, -0.15) is 0 Å². The summed E-state index contributed by atoms with van der Waals surface area (Å²) < 4.78 is 1.29. The Kier molecular flexibility index (Phi) is 5.36. The minimum absolute atomic E-state index is 0.0847. The average Bonchev–Trinajstić information content (AvgIpc) is 2.75. The van der Waals surface area contributed by atoms with E-state index in [4.69, 9.17) is 0 Å². The Balaban J connectivity index is 1.97. The lowest BCUT2D eigenvalue weighted by molar-refractivity contribution is 0.641. The molecule has 0 aliphatic carbocycles. The summed E-state index contributed by atoms with van der Waals surface area (Å²) in [4.78, 5) is 0. The molecule has 28 heavy (non-hydrogen) atoms. The van der Waals surface area contributed by atoms with Crippen LogP contribution in [0.2, 0.25) is 0 Å². The molecule has 0 nitrogen and oxygen atoms in total. The highest BCUT2D eigenvalue weighted by Gasteiger charge is 2.25. The number of rotatable bonds is 4. The summed E-state index contributed by atoms with van der Waals surface area (Å²) in [6, 6.07) is 36.9. The fraction of sp³-hybridized carbons (Fsp3) is 0.111. The largest absolute Gasteiger partial charge is 0.0622 e. The van der Waals surface area contributed by atoms with Crippen molar-refractivity contribution in [3.05, 3.63) is 118 Å². The molecular weight excluding hydrogens is 451 g/mol. The van der Waals surface area contributed by atoms with Gasteiger partial charge in [0.25, 0.3) is 0 Å². The zero-order chi connectivity index (χ0) is 19.6. The lowest BCUT2D eigenvalue weighted by Crippen LogP contribution is -2.19. The van der Waals surface area contributed by atoms with Gasteiger partial charge in [-0.25, -0.2) is 0 Å². The van der Waals surface area contributed by atoms with E-state index in [0.29, 0.717) is 0 Å². The highest BCUT2D eigenvalue weighted by Crippen LogP contribution is 2.40. The van der Waals surface area contributed by atoms with Crippen LogP contribution in [0.1, 0.15) is 25.0 Å². The lowest BCUT2D eigenvalue weighted by atomic mass is 9.76. The van der Waals surface area contributed by atoms with Crippen LogP contribution in [0.3, 0.4) is 0 Å². The molecule has 1 heteroatoms. The number of halogens is 1. The monoisotopic (exact) mass is 474 g/mol. The van der Waals surface area contributed by atoms with Crippen LogP contribution in [-0.2, 0) is 5.41 Å². The van der Waals surface area contributed by atoms with Crippen molar-refractivity contribution in [2.45, 2.75) is 19.3 Å². The van der Waals surface area contributed by atoms with E-state index in [1.165, 1.54) is 37.0 Å². The van der Waals surface area contributed by atoms with Crippen molar-refractivity contribution in [3.63, 3.8) is 0 Å². The first kappa shape index (κ1) is 18.9. The van der Waals surface area contributed by atoms with Crippen LogP contribution in [0.25, 0.3) is 22.3 Å². The van der Waals surface area contributed by atoms with Gasteiger partial charge in [0.05, 0.1) is 0 Å². The molecule has 0 aliphatic rings. The summed E-state index contributed by atoms with van der Waals surface area (Å²) in [6.07, 6.45) is 0. The molecule has 0 spiro atoms. The molecule has 0 bridgehead atoms. The normalized spacial score (nSPS) is 11.4. The molecule has 0 N–H and O–H groups in total. The van der Waals surface area contributed by atoms with Gasteiger partial charge in [-0.05, 0) is 68.1 Å². The number of hydrogen-bond acceptors (Lipinski definition) is 0. The highest BCUT2D eigenvalue weighted by atomic mass is 127. The predicted molar refractivity (Wildman–Crippen MR) is 129 cm³/mol. The van der Waals surface area contributed by atoms with E-state index in [1.807, 2.05) is 0 Å². The van der Waals surface area contributed by atoms with Crippen LogP contribution in [0.15, 0.2) is 103 Å². The van der Waals surface area contributed by atoms with Crippen molar-refractivity contribution < 1.29 is 0 Å². The van der Waals surface area contributed by atoms with Gasteiger partial charge in [0.15, 0.2) is 0 Å². The second-order valence-corrected chi connectivity index (χ2v) is 8.69. The Morgan fingerprint density at radius 1 is 0.536 bits per heavy atom. The second kappa shape index (κ2) is 7.92. The minimum atomic E-state index is -0.0847. The molecule has 0 radical (unpaired) electrons. The smallest absolute Gasteiger partial charge is 0.0287 e. The molecule has 0 fully saturated rings. The maximum atomic E-state index is 2.51. The maximum absolute atomic E-state index is 2.51. The molecule has 0 unspecified atom stereocenters. The molecule has 4 rings (SSSR count). The van der Waals surface area contributed by atoms with E-state index < -0.39 is 0 Å². The predicted octanol–water partition coefficient (Wildman–Crippen LogP) is 7.95. The number of benzene rings is 4. The molecule has 0 amide bonds. The van der Waals surface area contributed by atoms with Crippen molar-refractivity contribution in [1.29, 1.82) is 0 Å². The topological polar surface area (TPSA) is 0 Å². The van der Waals surface area contributed by atoms with E-state index in [-0.39, 0.29) is 5.41 Å². The van der Waals surface area contributed by atoms with Crippen LogP contribution in [0.4, 0.5) is 0 Å². The van der Waals surface area contributed by atoms with E-state index in [0.717, 1.165) is 0 Å². The van der Waals surface area contributed by atoms with Gasteiger partial charge in [-0.3, -0.25) is 0 Å². The molecule has 4 aromatic carbocycles. The van der Waals surface area contributed by atoms with E-state index >= 15 is 0 Å². The molecular formula is C27H23I. The third-order valence-electron chi connectivity index (χ3n) is 5.46. The average molecular weight is 474 g/mol. The third kappa shape index (κ3) is 3.64.